The van der Waals surface area contributed by atoms with E-state index in [-0.39, 0.29) is 5.82 Å². The summed E-state index contributed by atoms with van der Waals surface area (Å²) in [5, 5.41) is 3.18. The maximum atomic E-state index is 13.2. The summed E-state index contributed by atoms with van der Waals surface area (Å²) in [6, 6.07) is 10.3. The lowest BCUT2D eigenvalue weighted by Gasteiger charge is -2.14. The van der Waals surface area contributed by atoms with Crippen molar-refractivity contribution in [2.24, 2.45) is 0 Å². The Morgan fingerprint density at radius 3 is 2.53 bits per heavy atom. The topological polar surface area (TPSA) is 38.0 Å². The van der Waals surface area contributed by atoms with Gasteiger partial charge in [0.2, 0.25) is 0 Å². The van der Waals surface area contributed by atoms with Gasteiger partial charge in [-0.1, -0.05) is 18.2 Å². The molecule has 0 fully saturated rings. The number of rotatable bonds is 2. The molecule has 0 spiro atoms. The Hall–Kier alpha value is -2.03. The molecule has 2 aromatic carbocycles. The van der Waals surface area contributed by atoms with E-state index in [9.17, 15) is 4.39 Å². The van der Waals surface area contributed by atoms with Crippen molar-refractivity contribution in [2.75, 3.05) is 11.1 Å². The third-order valence-corrected chi connectivity index (χ3v) is 2.76. The maximum Gasteiger partial charge on any atom is 0.125 e. The average molecular weight is 230 g/mol. The van der Waals surface area contributed by atoms with Crippen LogP contribution < -0.4 is 11.1 Å². The van der Waals surface area contributed by atoms with E-state index in [1.165, 1.54) is 12.1 Å². The quantitative estimate of drug-likeness (QED) is 0.771. The molecule has 88 valence electrons. The minimum Gasteiger partial charge on any atom is -0.397 e. The Morgan fingerprint density at radius 1 is 1.06 bits per heavy atom. The van der Waals surface area contributed by atoms with Crippen LogP contribution in [0.5, 0.6) is 0 Å². The summed E-state index contributed by atoms with van der Waals surface area (Å²) in [5.74, 6) is -0.259. The molecule has 0 aliphatic heterocycles. The third kappa shape index (κ3) is 2.38. The highest BCUT2D eigenvalue weighted by Crippen LogP contribution is 2.28. The Balaban J connectivity index is 2.41. The molecule has 0 bridgehead atoms. The van der Waals surface area contributed by atoms with Crippen LogP contribution >= 0.6 is 0 Å². The second kappa shape index (κ2) is 4.45. The molecule has 0 radical (unpaired) electrons. The summed E-state index contributed by atoms with van der Waals surface area (Å²) < 4.78 is 13.2. The third-order valence-electron chi connectivity index (χ3n) is 2.76. The molecular formula is C14H15FN2. The molecule has 0 atom stereocenters. The standard InChI is InChI=1S/C14H15FN2/c1-9-6-7-11(15)8-13(9)17-14-10(2)4-3-5-12(14)16/h3-8,17H,16H2,1-2H3. The van der Waals surface area contributed by atoms with E-state index in [1.54, 1.807) is 6.07 Å². The van der Waals surface area contributed by atoms with Gasteiger partial charge < -0.3 is 11.1 Å². The number of aryl methyl sites for hydroxylation is 2. The van der Waals surface area contributed by atoms with Crippen molar-refractivity contribution >= 4 is 17.1 Å². The van der Waals surface area contributed by atoms with E-state index < -0.39 is 0 Å². The first-order chi connectivity index (χ1) is 8.08. The number of hydrogen-bond acceptors (Lipinski definition) is 2. The highest BCUT2D eigenvalue weighted by atomic mass is 19.1. The van der Waals surface area contributed by atoms with Crippen molar-refractivity contribution in [1.29, 1.82) is 0 Å². The molecule has 0 unspecified atom stereocenters. The van der Waals surface area contributed by atoms with Gasteiger partial charge in [-0.05, 0) is 43.2 Å². The fourth-order valence-corrected chi connectivity index (χ4v) is 1.72. The molecule has 17 heavy (non-hydrogen) atoms. The Labute approximate surface area is 100 Å². The van der Waals surface area contributed by atoms with E-state index in [0.29, 0.717) is 5.69 Å². The number of halogens is 1. The molecule has 2 rings (SSSR count). The van der Waals surface area contributed by atoms with Crippen LogP contribution in [0.1, 0.15) is 11.1 Å². The van der Waals surface area contributed by atoms with Crippen LogP contribution in [0.4, 0.5) is 21.5 Å². The Morgan fingerprint density at radius 2 is 1.82 bits per heavy atom. The first kappa shape index (κ1) is 11.5. The molecule has 0 saturated heterocycles. The minimum absolute atomic E-state index is 0.259. The lowest BCUT2D eigenvalue weighted by molar-refractivity contribution is 0.628. The maximum absolute atomic E-state index is 13.2. The molecule has 0 saturated carbocycles. The first-order valence-corrected chi connectivity index (χ1v) is 5.46. The van der Waals surface area contributed by atoms with Crippen LogP contribution in [-0.4, -0.2) is 0 Å². The number of hydrogen-bond donors (Lipinski definition) is 2. The normalized spacial score (nSPS) is 10.3. The van der Waals surface area contributed by atoms with Crippen molar-refractivity contribution < 1.29 is 4.39 Å². The Kier molecular flexibility index (Phi) is 3.00. The SMILES string of the molecule is Cc1ccc(F)cc1Nc1c(C)cccc1N. The fourth-order valence-electron chi connectivity index (χ4n) is 1.72. The number of benzene rings is 2. The van der Waals surface area contributed by atoms with Crippen molar-refractivity contribution in [1.82, 2.24) is 0 Å². The lowest BCUT2D eigenvalue weighted by atomic mass is 10.1. The van der Waals surface area contributed by atoms with Crippen LogP contribution in [0.2, 0.25) is 0 Å². The Bertz CT molecular complexity index is 530. The molecule has 0 aliphatic rings. The molecule has 0 aromatic heterocycles. The number of para-hydroxylation sites is 1. The van der Waals surface area contributed by atoms with Crippen molar-refractivity contribution in [3.63, 3.8) is 0 Å². The predicted octanol–water partition coefficient (Wildman–Crippen LogP) is 3.77. The molecular weight excluding hydrogens is 215 g/mol. The fraction of sp³-hybridized carbons (Fsp3) is 0.143. The highest BCUT2D eigenvalue weighted by molar-refractivity contribution is 5.76. The lowest BCUT2D eigenvalue weighted by Crippen LogP contribution is -2.00. The van der Waals surface area contributed by atoms with Crippen LogP contribution in [0.3, 0.4) is 0 Å². The second-order valence-electron chi connectivity index (χ2n) is 4.12. The molecule has 0 heterocycles. The van der Waals surface area contributed by atoms with Gasteiger partial charge in [0, 0.05) is 5.69 Å². The number of nitrogens with two attached hydrogens (primary N) is 1. The zero-order valence-corrected chi connectivity index (χ0v) is 9.92. The second-order valence-corrected chi connectivity index (χ2v) is 4.12. The molecule has 2 aromatic rings. The number of nitrogen functional groups attached to an aromatic ring is 1. The van der Waals surface area contributed by atoms with E-state index in [1.807, 2.05) is 32.0 Å². The van der Waals surface area contributed by atoms with Gasteiger partial charge in [-0.25, -0.2) is 4.39 Å². The molecule has 3 heteroatoms. The van der Waals surface area contributed by atoms with Crippen molar-refractivity contribution in [2.45, 2.75) is 13.8 Å². The summed E-state index contributed by atoms with van der Waals surface area (Å²) >= 11 is 0. The molecule has 2 nitrogen and oxygen atoms in total. The zero-order chi connectivity index (χ0) is 12.4. The first-order valence-electron chi connectivity index (χ1n) is 5.46. The number of nitrogens with one attached hydrogen (secondary N) is 1. The van der Waals surface area contributed by atoms with Crippen molar-refractivity contribution in [3.8, 4) is 0 Å². The smallest absolute Gasteiger partial charge is 0.125 e. The van der Waals surface area contributed by atoms with E-state index in [2.05, 4.69) is 5.32 Å². The summed E-state index contributed by atoms with van der Waals surface area (Å²) in [4.78, 5) is 0. The van der Waals surface area contributed by atoms with Crippen LogP contribution in [-0.2, 0) is 0 Å². The summed E-state index contributed by atoms with van der Waals surface area (Å²) in [5.41, 5.74) is 10.2. The molecule has 0 aliphatic carbocycles. The van der Waals surface area contributed by atoms with Crippen molar-refractivity contribution in [3.05, 3.63) is 53.3 Å². The highest BCUT2D eigenvalue weighted by Gasteiger charge is 2.05. The van der Waals surface area contributed by atoms with E-state index in [0.717, 1.165) is 22.5 Å². The van der Waals surface area contributed by atoms with Gasteiger partial charge in [0.05, 0.1) is 11.4 Å². The summed E-state index contributed by atoms with van der Waals surface area (Å²) in [6.07, 6.45) is 0. The monoisotopic (exact) mass is 230 g/mol. The molecule has 3 N–H and O–H groups in total. The zero-order valence-electron chi connectivity index (χ0n) is 9.92. The van der Waals surface area contributed by atoms with Gasteiger partial charge in [0.1, 0.15) is 5.82 Å². The van der Waals surface area contributed by atoms with Crippen LogP contribution in [0, 0.1) is 19.7 Å². The van der Waals surface area contributed by atoms with E-state index in [4.69, 9.17) is 5.73 Å². The van der Waals surface area contributed by atoms with Gasteiger partial charge in [-0.3, -0.25) is 0 Å². The number of anilines is 3. The van der Waals surface area contributed by atoms with Crippen LogP contribution in [0.25, 0.3) is 0 Å². The largest absolute Gasteiger partial charge is 0.397 e. The van der Waals surface area contributed by atoms with Gasteiger partial charge in [0.15, 0.2) is 0 Å². The van der Waals surface area contributed by atoms with Gasteiger partial charge in [-0.15, -0.1) is 0 Å². The minimum atomic E-state index is -0.259. The summed E-state index contributed by atoms with van der Waals surface area (Å²) in [6.45, 7) is 3.89. The average Bonchev–Trinajstić information content (AvgIpc) is 2.28. The summed E-state index contributed by atoms with van der Waals surface area (Å²) in [7, 11) is 0. The van der Waals surface area contributed by atoms with Crippen LogP contribution in [0.15, 0.2) is 36.4 Å². The van der Waals surface area contributed by atoms with Gasteiger partial charge in [0.25, 0.3) is 0 Å². The predicted molar refractivity (Wildman–Crippen MR) is 70.0 cm³/mol. The van der Waals surface area contributed by atoms with Gasteiger partial charge in [-0.2, -0.15) is 0 Å². The molecule has 0 amide bonds. The van der Waals surface area contributed by atoms with Gasteiger partial charge >= 0.3 is 0 Å². The van der Waals surface area contributed by atoms with E-state index >= 15 is 0 Å².